The predicted molar refractivity (Wildman–Crippen MR) is 69.3 cm³/mol. The maximum Gasteiger partial charge on any atom is 0.124 e. The molecule has 2 atom stereocenters. The molecule has 2 nitrogen and oxygen atoms in total. The van der Waals surface area contributed by atoms with Crippen LogP contribution in [0.4, 0.5) is 4.39 Å². The molecule has 18 heavy (non-hydrogen) atoms. The van der Waals surface area contributed by atoms with Gasteiger partial charge in [0.15, 0.2) is 0 Å². The van der Waals surface area contributed by atoms with Crippen LogP contribution in [0.15, 0.2) is 18.2 Å². The van der Waals surface area contributed by atoms with Crippen molar-refractivity contribution in [3.8, 4) is 0 Å². The molecule has 0 aliphatic carbocycles. The monoisotopic (exact) mass is 272 g/mol. The molecule has 0 spiro atoms. The quantitative estimate of drug-likeness (QED) is 0.891. The molecule has 1 N–H and O–H groups in total. The van der Waals surface area contributed by atoms with Crippen molar-refractivity contribution in [1.82, 2.24) is 0 Å². The zero-order valence-corrected chi connectivity index (χ0v) is 11.0. The van der Waals surface area contributed by atoms with Crippen molar-refractivity contribution in [3.05, 3.63) is 34.6 Å². The Morgan fingerprint density at radius 2 is 2.33 bits per heavy atom. The Morgan fingerprint density at radius 3 is 3.00 bits per heavy atom. The van der Waals surface area contributed by atoms with Crippen LogP contribution in [0.25, 0.3) is 0 Å². The second-order valence-corrected chi connectivity index (χ2v) is 5.21. The fourth-order valence-corrected chi connectivity index (χ4v) is 2.54. The molecule has 1 saturated heterocycles. The molecular formula is C14H18ClFO2. The smallest absolute Gasteiger partial charge is 0.124 e. The number of aliphatic hydroxyl groups is 1. The molecule has 0 saturated carbocycles. The summed E-state index contributed by atoms with van der Waals surface area (Å²) in [5, 5.41) is 10.3. The highest BCUT2D eigenvalue weighted by Crippen LogP contribution is 2.22. The second-order valence-electron chi connectivity index (χ2n) is 4.81. The van der Waals surface area contributed by atoms with E-state index in [1.165, 1.54) is 12.1 Å². The first kappa shape index (κ1) is 13.8. The van der Waals surface area contributed by atoms with Crippen LogP contribution in [-0.4, -0.2) is 23.9 Å². The van der Waals surface area contributed by atoms with E-state index in [9.17, 15) is 9.50 Å². The average Bonchev–Trinajstić information content (AvgIpc) is 2.83. The van der Waals surface area contributed by atoms with Gasteiger partial charge in [0, 0.05) is 11.6 Å². The Morgan fingerprint density at radius 1 is 1.50 bits per heavy atom. The number of ether oxygens (including phenoxy) is 1. The van der Waals surface area contributed by atoms with Gasteiger partial charge in [-0.1, -0.05) is 17.7 Å². The zero-order valence-electron chi connectivity index (χ0n) is 10.2. The molecule has 1 aromatic rings. The third-order valence-electron chi connectivity index (χ3n) is 3.32. The van der Waals surface area contributed by atoms with E-state index in [1.807, 2.05) is 0 Å². The number of rotatable bonds is 5. The lowest BCUT2D eigenvalue weighted by Crippen LogP contribution is -2.15. The molecule has 0 bridgehead atoms. The first-order chi connectivity index (χ1) is 8.65. The van der Waals surface area contributed by atoms with Crippen molar-refractivity contribution in [2.75, 3.05) is 6.61 Å². The number of benzene rings is 1. The molecule has 2 rings (SSSR count). The Bertz CT molecular complexity index is 391. The van der Waals surface area contributed by atoms with Gasteiger partial charge in [0.2, 0.25) is 0 Å². The van der Waals surface area contributed by atoms with Crippen molar-refractivity contribution >= 4 is 11.6 Å². The highest BCUT2D eigenvalue weighted by molar-refractivity contribution is 6.31. The topological polar surface area (TPSA) is 29.5 Å². The van der Waals surface area contributed by atoms with Crippen LogP contribution in [0.1, 0.15) is 31.2 Å². The maximum atomic E-state index is 12.9. The van der Waals surface area contributed by atoms with E-state index >= 15 is 0 Å². The summed E-state index contributed by atoms with van der Waals surface area (Å²) in [5.74, 6) is -0.349. The van der Waals surface area contributed by atoms with Crippen LogP contribution >= 0.6 is 11.6 Å². The number of aliphatic hydroxyl groups excluding tert-OH is 1. The fraction of sp³-hybridized carbons (Fsp3) is 0.571. The Kier molecular flexibility index (Phi) is 4.98. The van der Waals surface area contributed by atoms with Crippen molar-refractivity contribution in [3.63, 3.8) is 0 Å². The van der Waals surface area contributed by atoms with Gasteiger partial charge in [0.1, 0.15) is 5.82 Å². The molecule has 1 aliphatic heterocycles. The predicted octanol–water partition coefficient (Wildman–Crippen LogP) is 3.34. The maximum absolute atomic E-state index is 12.9. The summed E-state index contributed by atoms with van der Waals surface area (Å²) in [6.45, 7) is 0.838. The van der Waals surface area contributed by atoms with Crippen molar-refractivity contribution in [2.45, 2.75) is 44.3 Å². The lowest BCUT2D eigenvalue weighted by molar-refractivity contribution is 0.0813. The van der Waals surface area contributed by atoms with Crippen LogP contribution in [0.2, 0.25) is 5.02 Å². The molecule has 0 aromatic heterocycles. The Hall–Kier alpha value is -0.640. The Labute approximate surface area is 112 Å². The van der Waals surface area contributed by atoms with Crippen LogP contribution < -0.4 is 0 Å². The van der Waals surface area contributed by atoms with E-state index in [0.717, 1.165) is 31.4 Å². The summed E-state index contributed by atoms with van der Waals surface area (Å²) < 4.78 is 18.4. The third kappa shape index (κ3) is 3.94. The van der Waals surface area contributed by atoms with E-state index in [2.05, 4.69) is 0 Å². The summed E-state index contributed by atoms with van der Waals surface area (Å²) in [6.07, 6.45) is 4.08. The van der Waals surface area contributed by atoms with E-state index in [1.54, 1.807) is 6.07 Å². The molecular weight excluding hydrogens is 255 g/mol. The van der Waals surface area contributed by atoms with Crippen LogP contribution in [0, 0.1) is 5.82 Å². The van der Waals surface area contributed by atoms with Gasteiger partial charge in [0.25, 0.3) is 0 Å². The van der Waals surface area contributed by atoms with Gasteiger partial charge in [-0.15, -0.1) is 0 Å². The average molecular weight is 273 g/mol. The summed E-state index contributed by atoms with van der Waals surface area (Å²) in [6, 6.07) is 4.28. The second kappa shape index (κ2) is 6.50. The number of halogens is 2. The van der Waals surface area contributed by atoms with Gasteiger partial charge >= 0.3 is 0 Å². The van der Waals surface area contributed by atoms with Gasteiger partial charge in [-0.2, -0.15) is 0 Å². The molecule has 1 aliphatic rings. The van der Waals surface area contributed by atoms with E-state index in [-0.39, 0.29) is 5.82 Å². The van der Waals surface area contributed by atoms with Crippen molar-refractivity contribution in [1.29, 1.82) is 0 Å². The van der Waals surface area contributed by atoms with E-state index in [0.29, 0.717) is 24.0 Å². The highest BCUT2D eigenvalue weighted by atomic mass is 35.5. The molecule has 1 aromatic carbocycles. The highest BCUT2D eigenvalue weighted by Gasteiger charge is 2.17. The lowest BCUT2D eigenvalue weighted by Gasteiger charge is -2.14. The van der Waals surface area contributed by atoms with Gasteiger partial charge in [-0.25, -0.2) is 4.39 Å². The van der Waals surface area contributed by atoms with Gasteiger partial charge in [0.05, 0.1) is 12.2 Å². The SMILES string of the molecule is OC(CCC1CCCO1)Cc1ccc(F)cc1Cl. The van der Waals surface area contributed by atoms with Crippen LogP contribution in [0.5, 0.6) is 0 Å². The van der Waals surface area contributed by atoms with E-state index in [4.69, 9.17) is 16.3 Å². The lowest BCUT2D eigenvalue weighted by atomic mass is 10.0. The zero-order chi connectivity index (χ0) is 13.0. The molecule has 1 fully saturated rings. The molecule has 1 heterocycles. The van der Waals surface area contributed by atoms with Gasteiger partial charge < -0.3 is 9.84 Å². The molecule has 2 unspecified atom stereocenters. The van der Waals surface area contributed by atoms with Crippen molar-refractivity contribution in [2.24, 2.45) is 0 Å². The fourth-order valence-electron chi connectivity index (χ4n) is 2.29. The summed E-state index contributed by atoms with van der Waals surface area (Å²) in [5.41, 5.74) is 0.790. The summed E-state index contributed by atoms with van der Waals surface area (Å²) in [7, 11) is 0. The number of hydrogen-bond donors (Lipinski definition) is 1. The van der Waals surface area contributed by atoms with Crippen LogP contribution in [0.3, 0.4) is 0 Å². The molecule has 100 valence electrons. The summed E-state index contributed by atoms with van der Waals surface area (Å²) in [4.78, 5) is 0. The minimum atomic E-state index is -0.447. The van der Waals surface area contributed by atoms with Gasteiger partial charge in [-0.05, 0) is 49.8 Å². The Balaban J connectivity index is 1.80. The van der Waals surface area contributed by atoms with E-state index < -0.39 is 6.10 Å². The molecule has 0 radical (unpaired) electrons. The van der Waals surface area contributed by atoms with Gasteiger partial charge in [-0.3, -0.25) is 0 Å². The van der Waals surface area contributed by atoms with Crippen molar-refractivity contribution < 1.29 is 14.2 Å². The summed E-state index contributed by atoms with van der Waals surface area (Å²) >= 11 is 5.93. The first-order valence-electron chi connectivity index (χ1n) is 6.39. The standard InChI is InChI=1S/C14H18ClFO2/c15-14-9-11(16)4-3-10(14)8-12(17)5-6-13-2-1-7-18-13/h3-4,9,12-13,17H,1-2,5-8H2. The minimum Gasteiger partial charge on any atom is -0.393 e. The molecule has 4 heteroatoms. The largest absolute Gasteiger partial charge is 0.393 e. The normalized spacial score (nSPS) is 21.2. The molecule has 0 amide bonds. The third-order valence-corrected chi connectivity index (χ3v) is 3.67. The minimum absolute atomic E-state index is 0.295. The first-order valence-corrected chi connectivity index (χ1v) is 6.76. The number of hydrogen-bond acceptors (Lipinski definition) is 2. The van der Waals surface area contributed by atoms with Crippen LogP contribution in [-0.2, 0) is 11.2 Å².